The maximum absolute atomic E-state index is 12.2. The number of ether oxygens (including phenoxy) is 7. The van der Waals surface area contributed by atoms with Crippen LogP contribution in [0, 0.1) is 0 Å². The largest absolute Gasteiger partial charge is 0.504 e. The summed E-state index contributed by atoms with van der Waals surface area (Å²) in [6.45, 7) is -1.21. The van der Waals surface area contributed by atoms with Crippen molar-refractivity contribution >= 4 is 12.0 Å². The molecule has 0 spiro atoms. The molecule has 1 unspecified atom stereocenters. The van der Waals surface area contributed by atoms with Crippen LogP contribution in [0.5, 0.6) is 11.5 Å². The van der Waals surface area contributed by atoms with Crippen molar-refractivity contribution in [1.82, 2.24) is 0 Å². The Morgan fingerprint density at radius 2 is 1.68 bits per heavy atom. The van der Waals surface area contributed by atoms with Gasteiger partial charge in [0.05, 0.1) is 20.3 Å². The van der Waals surface area contributed by atoms with Gasteiger partial charge in [0.1, 0.15) is 61.5 Å². The van der Waals surface area contributed by atoms with Crippen molar-refractivity contribution in [1.29, 1.82) is 0 Å². The highest BCUT2D eigenvalue weighted by molar-refractivity contribution is 5.87. The second-order valence-corrected chi connectivity index (χ2v) is 9.66. The second kappa shape index (κ2) is 13.7. The fourth-order valence-corrected chi connectivity index (χ4v) is 4.43. The van der Waals surface area contributed by atoms with E-state index in [-0.39, 0.29) is 18.1 Å². The quantitative estimate of drug-likeness (QED) is 0.102. The lowest BCUT2D eigenvalue weighted by Crippen LogP contribution is -2.60. The SMILES string of the molecule is COc1cc(/C=C/C(=O)OC[C@@H]2O[C@@H](O[C@@H]3[C@@H](O)[C@H](O[C@@H]4COC(O)[C@H](O)[C@H]4O)OC[C@H]3O)[C@H](O)[C@H]2O)ccc1O. The predicted molar refractivity (Wildman–Crippen MR) is 131 cm³/mol. The van der Waals surface area contributed by atoms with Crippen LogP contribution in [0.4, 0.5) is 0 Å². The molecule has 4 rings (SSSR count). The molecule has 230 valence electrons. The number of aliphatic hydroxyl groups is 7. The van der Waals surface area contributed by atoms with Crippen molar-refractivity contribution in [2.24, 2.45) is 0 Å². The van der Waals surface area contributed by atoms with Crippen molar-refractivity contribution in [3.8, 4) is 11.5 Å². The first-order valence-electron chi connectivity index (χ1n) is 12.7. The van der Waals surface area contributed by atoms with Gasteiger partial charge >= 0.3 is 5.97 Å². The normalized spacial score (nSPS) is 39.6. The van der Waals surface area contributed by atoms with Gasteiger partial charge in [-0.1, -0.05) is 6.07 Å². The summed E-state index contributed by atoms with van der Waals surface area (Å²) in [4.78, 5) is 12.2. The van der Waals surface area contributed by atoms with Crippen LogP contribution in [0.1, 0.15) is 5.56 Å². The Balaban J connectivity index is 1.30. The van der Waals surface area contributed by atoms with Gasteiger partial charge in [-0.15, -0.1) is 0 Å². The van der Waals surface area contributed by atoms with Crippen LogP contribution in [0.2, 0.25) is 0 Å². The summed E-state index contributed by atoms with van der Waals surface area (Å²) < 4.78 is 36.8. The van der Waals surface area contributed by atoms with Crippen LogP contribution in [0.25, 0.3) is 6.08 Å². The maximum atomic E-state index is 12.2. The molecule has 0 aromatic heterocycles. The molecule has 41 heavy (non-hydrogen) atoms. The molecule has 3 saturated heterocycles. The molecular weight excluding hydrogens is 556 g/mol. The first kappa shape index (κ1) is 31.5. The molecule has 3 aliphatic heterocycles. The molecule has 3 fully saturated rings. The number of hydrogen-bond acceptors (Lipinski definition) is 16. The first-order chi connectivity index (χ1) is 19.5. The van der Waals surface area contributed by atoms with Gasteiger partial charge in [-0.3, -0.25) is 0 Å². The van der Waals surface area contributed by atoms with Crippen LogP contribution in [-0.2, 0) is 33.2 Å². The van der Waals surface area contributed by atoms with Crippen molar-refractivity contribution in [3.05, 3.63) is 29.8 Å². The molecule has 0 radical (unpaired) electrons. The lowest BCUT2D eigenvalue weighted by atomic mass is 10.0. The fourth-order valence-electron chi connectivity index (χ4n) is 4.43. The van der Waals surface area contributed by atoms with Gasteiger partial charge in [-0.05, 0) is 23.8 Å². The van der Waals surface area contributed by atoms with Crippen molar-refractivity contribution in [2.75, 3.05) is 26.9 Å². The lowest BCUT2D eigenvalue weighted by Gasteiger charge is -2.42. The highest BCUT2D eigenvalue weighted by atomic mass is 16.7. The number of phenols is 1. The number of carbonyl (C=O) groups excluding carboxylic acids is 1. The van der Waals surface area contributed by atoms with E-state index in [9.17, 15) is 45.6 Å². The minimum Gasteiger partial charge on any atom is -0.504 e. The number of esters is 1. The Kier molecular flexibility index (Phi) is 10.5. The van der Waals surface area contributed by atoms with E-state index in [0.29, 0.717) is 5.56 Å². The van der Waals surface area contributed by atoms with Crippen molar-refractivity contribution in [2.45, 2.75) is 73.8 Å². The summed E-state index contributed by atoms with van der Waals surface area (Å²) >= 11 is 0. The average Bonchev–Trinajstić information content (AvgIpc) is 3.22. The Hall–Kier alpha value is -2.45. The number of phenolic OH excluding ortho intramolecular Hbond substituents is 1. The summed E-state index contributed by atoms with van der Waals surface area (Å²) in [6.07, 6.45) is -15.6. The van der Waals surface area contributed by atoms with Crippen molar-refractivity contribution < 1.29 is 78.8 Å². The van der Waals surface area contributed by atoms with E-state index in [1.165, 1.54) is 31.4 Å². The molecule has 12 atom stereocenters. The molecular formula is C25H34O16. The minimum absolute atomic E-state index is 0.0723. The van der Waals surface area contributed by atoms with Crippen LogP contribution >= 0.6 is 0 Å². The molecule has 8 N–H and O–H groups in total. The minimum atomic E-state index is -1.69. The van der Waals surface area contributed by atoms with Crippen LogP contribution in [-0.4, -0.2) is 148 Å². The lowest BCUT2D eigenvalue weighted by molar-refractivity contribution is -0.338. The smallest absolute Gasteiger partial charge is 0.330 e. The Bertz CT molecular complexity index is 1050. The van der Waals surface area contributed by atoms with Gasteiger partial charge in [0.2, 0.25) is 0 Å². The molecule has 0 aliphatic carbocycles. The zero-order valence-electron chi connectivity index (χ0n) is 21.8. The van der Waals surface area contributed by atoms with E-state index >= 15 is 0 Å². The highest BCUT2D eigenvalue weighted by Gasteiger charge is 2.50. The van der Waals surface area contributed by atoms with Gasteiger partial charge in [-0.25, -0.2) is 4.79 Å². The number of methoxy groups -OCH3 is 1. The van der Waals surface area contributed by atoms with E-state index in [1.54, 1.807) is 0 Å². The van der Waals surface area contributed by atoms with E-state index < -0.39 is 93.0 Å². The third kappa shape index (κ3) is 7.31. The highest BCUT2D eigenvalue weighted by Crippen LogP contribution is 2.30. The summed E-state index contributed by atoms with van der Waals surface area (Å²) in [5.74, 6) is -0.662. The van der Waals surface area contributed by atoms with Gasteiger partial charge in [-0.2, -0.15) is 0 Å². The van der Waals surface area contributed by atoms with E-state index in [2.05, 4.69) is 0 Å². The van der Waals surface area contributed by atoms with Crippen LogP contribution in [0.3, 0.4) is 0 Å². The first-order valence-corrected chi connectivity index (χ1v) is 12.7. The number of rotatable bonds is 9. The molecule has 1 aromatic carbocycles. The number of carbonyl (C=O) groups is 1. The standard InChI is InChI=1S/C25H34O16/c1-35-13-6-10(2-4-11(13)26)3-5-16(28)36-8-14-18(30)20(32)25(40-14)41-22-12(27)7-38-24(21(22)33)39-15-9-37-23(34)19(31)17(15)29/h2-6,12,14-15,17-27,29-34H,7-9H2,1H3/b5-3+/t12-,14+,15-,17+,18+,19-,20-,21-,22+,23?,24+,25+/m1/s1. The zero-order valence-corrected chi connectivity index (χ0v) is 21.8. The monoisotopic (exact) mass is 590 g/mol. The predicted octanol–water partition coefficient (Wildman–Crippen LogP) is -3.68. The average molecular weight is 591 g/mol. The number of aliphatic hydroxyl groups excluding tert-OH is 7. The van der Waals surface area contributed by atoms with Crippen LogP contribution in [0.15, 0.2) is 24.3 Å². The van der Waals surface area contributed by atoms with Gasteiger partial charge in [0.15, 0.2) is 30.4 Å². The summed E-state index contributed by atoms with van der Waals surface area (Å²) in [5.41, 5.74) is 0.535. The summed E-state index contributed by atoms with van der Waals surface area (Å²) in [5, 5.41) is 80.9. The topological polar surface area (TPSA) is 244 Å². The number of benzene rings is 1. The molecule has 1 aromatic rings. The summed E-state index contributed by atoms with van der Waals surface area (Å²) in [6, 6.07) is 4.42. The second-order valence-electron chi connectivity index (χ2n) is 9.66. The van der Waals surface area contributed by atoms with E-state index in [4.69, 9.17) is 33.2 Å². The van der Waals surface area contributed by atoms with Crippen LogP contribution < -0.4 is 4.74 Å². The molecule has 0 bridgehead atoms. The molecule has 0 saturated carbocycles. The molecule has 3 heterocycles. The fraction of sp³-hybridized carbons (Fsp3) is 0.640. The number of aromatic hydroxyl groups is 1. The maximum Gasteiger partial charge on any atom is 0.330 e. The van der Waals surface area contributed by atoms with Crippen molar-refractivity contribution in [3.63, 3.8) is 0 Å². The Morgan fingerprint density at radius 1 is 0.927 bits per heavy atom. The van der Waals surface area contributed by atoms with E-state index in [1.807, 2.05) is 0 Å². The summed E-state index contributed by atoms with van der Waals surface area (Å²) in [7, 11) is 1.38. The Morgan fingerprint density at radius 3 is 2.41 bits per heavy atom. The van der Waals surface area contributed by atoms with E-state index in [0.717, 1.165) is 6.08 Å². The van der Waals surface area contributed by atoms with Gasteiger partial charge in [0.25, 0.3) is 0 Å². The van der Waals surface area contributed by atoms with Gasteiger partial charge < -0.3 is 74.0 Å². The Labute approximate surface area is 233 Å². The number of hydrogen-bond donors (Lipinski definition) is 8. The van der Waals surface area contributed by atoms with Gasteiger partial charge in [0, 0.05) is 6.08 Å². The molecule has 3 aliphatic rings. The zero-order chi connectivity index (χ0) is 29.8. The molecule has 16 heteroatoms. The third-order valence-corrected chi connectivity index (χ3v) is 6.80. The molecule has 16 nitrogen and oxygen atoms in total. The molecule has 0 amide bonds. The third-order valence-electron chi connectivity index (χ3n) is 6.80.